The first-order valence-corrected chi connectivity index (χ1v) is 5.81. The number of ether oxygens (including phenoxy) is 4. The van der Waals surface area contributed by atoms with Gasteiger partial charge in [-0.1, -0.05) is 6.08 Å². The summed E-state index contributed by atoms with van der Waals surface area (Å²) in [6.45, 7) is 7.29. The lowest BCUT2D eigenvalue weighted by Crippen LogP contribution is -2.38. The van der Waals surface area contributed by atoms with Crippen LogP contribution in [0.1, 0.15) is 20.3 Å². The lowest BCUT2D eigenvalue weighted by molar-refractivity contribution is -0.236. The molecule has 0 aromatic carbocycles. The molecule has 2 fully saturated rings. The molecule has 2 saturated heterocycles. The van der Waals surface area contributed by atoms with Crippen LogP contribution in [0.4, 0.5) is 0 Å². The van der Waals surface area contributed by atoms with Crippen LogP contribution in [0.5, 0.6) is 0 Å². The number of aliphatic hydroxyl groups is 1. The summed E-state index contributed by atoms with van der Waals surface area (Å²) in [6.07, 6.45) is -0.0731. The highest BCUT2D eigenvalue weighted by Crippen LogP contribution is 2.40. The van der Waals surface area contributed by atoms with Gasteiger partial charge in [0, 0.05) is 7.11 Å². The van der Waals surface area contributed by atoms with Crippen LogP contribution in [-0.2, 0) is 18.9 Å². The topological polar surface area (TPSA) is 57.2 Å². The Morgan fingerprint density at radius 2 is 2.06 bits per heavy atom. The third-order valence-corrected chi connectivity index (χ3v) is 3.07. The van der Waals surface area contributed by atoms with E-state index in [9.17, 15) is 5.11 Å². The summed E-state index contributed by atoms with van der Waals surface area (Å²) in [5.41, 5.74) is 0. The maximum atomic E-state index is 9.99. The Bertz CT molecular complexity index is 291. The fourth-order valence-corrected chi connectivity index (χ4v) is 2.40. The van der Waals surface area contributed by atoms with Gasteiger partial charge in [-0.15, -0.1) is 6.58 Å². The Balaban J connectivity index is 2.12. The first kappa shape index (κ1) is 13.0. The molecule has 98 valence electrons. The van der Waals surface area contributed by atoms with Crippen LogP contribution in [0.2, 0.25) is 0 Å². The van der Waals surface area contributed by atoms with Crippen LogP contribution >= 0.6 is 0 Å². The largest absolute Gasteiger partial charge is 0.390 e. The molecule has 2 aliphatic heterocycles. The van der Waals surface area contributed by atoms with E-state index < -0.39 is 24.3 Å². The molecule has 2 rings (SSSR count). The van der Waals surface area contributed by atoms with Gasteiger partial charge in [-0.2, -0.15) is 0 Å². The molecule has 0 spiro atoms. The fraction of sp³-hybridized carbons (Fsp3) is 0.833. The molecule has 0 bridgehead atoms. The van der Waals surface area contributed by atoms with Gasteiger partial charge in [0.05, 0.1) is 6.10 Å². The fourth-order valence-electron chi connectivity index (χ4n) is 2.40. The molecule has 0 amide bonds. The monoisotopic (exact) mass is 244 g/mol. The highest BCUT2D eigenvalue weighted by atomic mass is 16.8. The first-order valence-electron chi connectivity index (χ1n) is 5.81. The van der Waals surface area contributed by atoms with Crippen LogP contribution in [0, 0.1) is 0 Å². The zero-order valence-electron chi connectivity index (χ0n) is 10.5. The summed E-state index contributed by atoms with van der Waals surface area (Å²) in [5, 5.41) is 9.99. The van der Waals surface area contributed by atoms with Gasteiger partial charge in [-0.05, 0) is 20.3 Å². The van der Waals surface area contributed by atoms with Crippen molar-refractivity contribution in [1.29, 1.82) is 0 Å². The lowest BCUT2D eigenvalue weighted by atomic mass is 10.0. The number of hydrogen-bond acceptors (Lipinski definition) is 5. The molecule has 0 aliphatic carbocycles. The van der Waals surface area contributed by atoms with Crippen molar-refractivity contribution in [3.63, 3.8) is 0 Å². The third kappa shape index (κ3) is 2.39. The molecule has 5 heteroatoms. The van der Waals surface area contributed by atoms with E-state index in [1.165, 1.54) is 0 Å². The standard InChI is InChI=1S/C12H20O5/c1-5-6-7(13)8-9-10(11(14-4)15-8)17-12(2,3)16-9/h5,7-11,13H,1,6H2,2-4H3/t7-,8?,9?,10?,11?/m0/s1. The summed E-state index contributed by atoms with van der Waals surface area (Å²) in [4.78, 5) is 0. The van der Waals surface area contributed by atoms with Crippen molar-refractivity contribution in [3.8, 4) is 0 Å². The Morgan fingerprint density at radius 1 is 1.41 bits per heavy atom. The minimum atomic E-state index is -0.665. The van der Waals surface area contributed by atoms with Crippen molar-refractivity contribution in [2.75, 3.05) is 7.11 Å². The van der Waals surface area contributed by atoms with E-state index in [2.05, 4.69) is 6.58 Å². The van der Waals surface area contributed by atoms with Crippen molar-refractivity contribution in [2.45, 2.75) is 56.8 Å². The molecule has 2 heterocycles. The average Bonchev–Trinajstić information content (AvgIpc) is 2.71. The zero-order chi connectivity index (χ0) is 12.6. The van der Waals surface area contributed by atoms with E-state index >= 15 is 0 Å². The molecule has 4 unspecified atom stereocenters. The molecule has 5 atom stereocenters. The molecule has 1 N–H and O–H groups in total. The van der Waals surface area contributed by atoms with Crippen LogP contribution in [-0.4, -0.2) is 48.7 Å². The number of fused-ring (bicyclic) bond motifs is 1. The third-order valence-electron chi connectivity index (χ3n) is 3.07. The second-order valence-electron chi connectivity index (χ2n) is 4.86. The minimum absolute atomic E-state index is 0.292. The smallest absolute Gasteiger partial charge is 0.186 e. The Hall–Kier alpha value is -0.460. The highest BCUT2D eigenvalue weighted by Gasteiger charge is 2.57. The van der Waals surface area contributed by atoms with Crippen molar-refractivity contribution >= 4 is 0 Å². The van der Waals surface area contributed by atoms with Gasteiger partial charge < -0.3 is 24.1 Å². The van der Waals surface area contributed by atoms with Gasteiger partial charge in [0.1, 0.15) is 18.3 Å². The predicted molar refractivity (Wildman–Crippen MR) is 60.3 cm³/mol. The van der Waals surface area contributed by atoms with E-state index in [-0.39, 0.29) is 12.2 Å². The van der Waals surface area contributed by atoms with Crippen molar-refractivity contribution in [2.24, 2.45) is 0 Å². The molecule has 5 nitrogen and oxygen atoms in total. The van der Waals surface area contributed by atoms with Crippen LogP contribution in [0.25, 0.3) is 0 Å². The van der Waals surface area contributed by atoms with Crippen molar-refractivity contribution < 1.29 is 24.1 Å². The van der Waals surface area contributed by atoms with Crippen molar-refractivity contribution in [1.82, 2.24) is 0 Å². The van der Waals surface area contributed by atoms with Gasteiger partial charge in [0.2, 0.25) is 0 Å². The molecule has 0 aromatic heterocycles. The predicted octanol–water partition coefficient (Wildman–Crippen LogP) is 0.815. The molecule has 0 aromatic rings. The highest BCUT2D eigenvalue weighted by molar-refractivity contribution is 4.98. The van der Waals surface area contributed by atoms with Gasteiger partial charge in [-0.25, -0.2) is 0 Å². The number of methoxy groups -OCH3 is 1. The molecule has 2 aliphatic rings. The summed E-state index contributed by atoms with van der Waals surface area (Å²) in [5.74, 6) is -0.665. The Labute approximate surface area is 101 Å². The lowest BCUT2D eigenvalue weighted by Gasteiger charge is -2.25. The second kappa shape index (κ2) is 4.66. The molecular weight excluding hydrogens is 224 g/mol. The summed E-state index contributed by atoms with van der Waals surface area (Å²) in [6, 6.07) is 0. The van der Waals surface area contributed by atoms with E-state index in [1.807, 2.05) is 13.8 Å². The van der Waals surface area contributed by atoms with Gasteiger partial charge in [-0.3, -0.25) is 0 Å². The van der Waals surface area contributed by atoms with E-state index in [1.54, 1.807) is 13.2 Å². The van der Waals surface area contributed by atoms with Crippen molar-refractivity contribution in [3.05, 3.63) is 12.7 Å². The van der Waals surface area contributed by atoms with Gasteiger partial charge in [0.25, 0.3) is 0 Å². The van der Waals surface area contributed by atoms with Crippen LogP contribution in [0.15, 0.2) is 12.7 Å². The Kier molecular flexibility index (Phi) is 3.56. The average molecular weight is 244 g/mol. The SMILES string of the molecule is C=CC[C@H](O)C1OC(OC)C2OC(C)(C)OC21. The normalized spacial score (nSPS) is 41.2. The van der Waals surface area contributed by atoms with E-state index in [4.69, 9.17) is 18.9 Å². The van der Waals surface area contributed by atoms with E-state index in [0.717, 1.165) is 0 Å². The second-order valence-corrected chi connectivity index (χ2v) is 4.86. The van der Waals surface area contributed by atoms with Crippen LogP contribution < -0.4 is 0 Å². The zero-order valence-corrected chi connectivity index (χ0v) is 10.5. The van der Waals surface area contributed by atoms with Crippen LogP contribution in [0.3, 0.4) is 0 Å². The first-order chi connectivity index (χ1) is 7.98. The number of rotatable bonds is 4. The summed E-state index contributed by atoms with van der Waals surface area (Å²) >= 11 is 0. The number of aliphatic hydroxyl groups excluding tert-OH is 1. The summed E-state index contributed by atoms with van der Waals surface area (Å²) < 4.78 is 22.3. The molecule has 0 radical (unpaired) electrons. The maximum Gasteiger partial charge on any atom is 0.186 e. The molecular formula is C12H20O5. The van der Waals surface area contributed by atoms with Gasteiger partial charge in [0.15, 0.2) is 12.1 Å². The van der Waals surface area contributed by atoms with E-state index in [0.29, 0.717) is 6.42 Å². The maximum absolute atomic E-state index is 9.99. The Morgan fingerprint density at radius 3 is 2.65 bits per heavy atom. The molecule has 0 saturated carbocycles. The van der Waals surface area contributed by atoms with Gasteiger partial charge >= 0.3 is 0 Å². The summed E-state index contributed by atoms with van der Waals surface area (Å²) in [7, 11) is 1.55. The minimum Gasteiger partial charge on any atom is -0.390 e. The number of hydrogen-bond donors (Lipinski definition) is 1. The quantitative estimate of drug-likeness (QED) is 0.742. The molecule has 17 heavy (non-hydrogen) atoms.